The third-order valence-electron chi connectivity index (χ3n) is 3.56. The van der Waals surface area contributed by atoms with Gasteiger partial charge in [0.15, 0.2) is 0 Å². The van der Waals surface area contributed by atoms with Crippen molar-refractivity contribution in [2.75, 3.05) is 39.2 Å². The van der Waals surface area contributed by atoms with Gasteiger partial charge in [0.05, 0.1) is 6.61 Å². The van der Waals surface area contributed by atoms with E-state index in [-0.39, 0.29) is 0 Å². The highest BCUT2D eigenvalue weighted by Gasteiger charge is 2.25. The maximum Gasteiger partial charge on any atom is 0.257 e. The summed E-state index contributed by atoms with van der Waals surface area (Å²) in [5.74, 6) is 1.54. The second kappa shape index (κ2) is 9.44. The smallest absolute Gasteiger partial charge is 0.257 e. The number of rotatable bonds is 9. The Labute approximate surface area is 123 Å². The molecule has 1 fully saturated rings. The largest absolute Gasteiger partial charge is 0.321 e. The van der Waals surface area contributed by atoms with Crippen LogP contribution < -0.4 is 0 Å². The van der Waals surface area contributed by atoms with Gasteiger partial charge >= 0.3 is 0 Å². The molecule has 19 heavy (non-hydrogen) atoms. The normalized spacial score (nSPS) is 20.6. The molecule has 0 N–H and O–H groups in total. The Balaban J connectivity index is 2.34. The molecule has 0 heterocycles. The van der Waals surface area contributed by atoms with Crippen molar-refractivity contribution < 1.29 is 9.09 Å². The highest BCUT2D eigenvalue weighted by Crippen LogP contribution is 2.60. The number of hydrogen-bond acceptors (Lipinski definition) is 4. The standard InChI is InChI=1S/C14H30NO2PS/c1-4-11-18(16,19-12-10-15(2)3)17-13-14-8-6-5-7-9-14/h14H,4-13H2,1-3H3. The fourth-order valence-corrected chi connectivity index (χ4v) is 6.84. The second-order valence-corrected chi connectivity index (χ2v) is 10.8. The summed E-state index contributed by atoms with van der Waals surface area (Å²) in [7, 11) is 4.10. The van der Waals surface area contributed by atoms with Crippen LogP contribution in [0.25, 0.3) is 0 Å². The van der Waals surface area contributed by atoms with Gasteiger partial charge in [-0.05, 0) is 39.3 Å². The zero-order chi connectivity index (χ0) is 14.1. The monoisotopic (exact) mass is 307 g/mol. The Morgan fingerprint density at radius 2 is 1.95 bits per heavy atom. The van der Waals surface area contributed by atoms with Gasteiger partial charge in [-0.2, -0.15) is 0 Å². The van der Waals surface area contributed by atoms with Crippen molar-refractivity contribution in [1.82, 2.24) is 4.90 Å². The fraction of sp³-hybridized carbons (Fsp3) is 1.00. The maximum absolute atomic E-state index is 12.8. The van der Waals surface area contributed by atoms with Crippen molar-refractivity contribution in [3.8, 4) is 0 Å². The van der Waals surface area contributed by atoms with Crippen LogP contribution in [0.1, 0.15) is 45.4 Å². The molecule has 0 saturated heterocycles. The topological polar surface area (TPSA) is 29.5 Å². The molecular weight excluding hydrogens is 277 g/mol. The lowest BCUT2D eigenvalue weighted by atomic mass is 9.90. The molecule has 0 radical (unpaired) electrons. The number of nitrogens with zero attached hydrogens (tertiary/aromatic N) is 1. The Morgan fingerprint density at radius 3 is 2.53 bits per heavy atom. The van der Waals surface area contributed by atoms with Crippen LogP contribution in [0.15, 0.2) is 0 Å². The average Bonchev–Trinajstić information content (AvgIpc) is 2.38. The summed E-state index contributed by atoms with van der Waals surface area (Å²) >= 11 is 1.56. The van der Waals surface area contributed by atoms with E-state index in [1.54, 1.807) is 11.4 Å². The molecule has 1 aliphatic carbocycles. The molecule has 1 aliphatic rings. The lowest BCUT2D eigenvalue weighted by Crippen LogP contribution is -2.15. The van der Waals surface area contributed by atoms with Gasteiger partial charge in [-0.15, -0.1) is 0 Å². The van der Waals surface area contributed by atoms with Crippen LogP contribution in [0, 0.1) is 5.92 Å². The summed E-state index contributed by atoms with van der Waals surface area (Å²) < 4.78 is 18.7. The summed E-state index contributed by atoms with van der Waals surface area (Å²) in [6.45, 7) is 1.31. The Bertz CT molecular complexity index is 281. The van der Waals surface area contributed by atoms with Crippen molar-refractivity contribution in [2.45, 2.75) is 45.4 Å². The van der Waals surface area contributed by atoms with Crippen molar-refractivity contribution >= 4 is 18.0 Å². The number of hydrogen-bond donors (Lipinski definition) is 0. The zero-order valence-electron chi connectivity index (χ0n) is 12.8. The molecule has 1 saturated carbocycles. The minimum atomic E-state index is -2.45. The van der Waals surface area contributed by atoms with E-state index in [9.17, 15) is 4.57 Å². The van der Waals surface area contributed by atoms with Crippen molar-refractivity contribution in [1.29, 1.82) is 0 Å². The summed E-state index contributed by atoms with van der Waals surface area (Å²) in [4.78, 5) is 2.13. The maximum atomic E-state index is 12.8. The highest BCUT2D eigenvalue weighted by molar-refractivity contribution is 8.56. The quantitative estimate of drug-likeness (QED) is 0.587. The minimum absolute atomic E-state index is 0.647. The molecule has 0 bridgehead atoms. The van der Waals surface area contributed by atoms with E-state index in [0.717, 1.165) is 24.9 Å². The minimum Gasteiger partial charge on any atom is -0.321 e. The molecule has 1 rings (SSSR count). The van der Waals surface area contributed by atoms with Gasteiger partial charge < -0.3 is 9.42 Å². The van der Waals surface area contributed by atoms with Crippen molar-refractivity contribution in [2.24, 2.45) is 5.92 Å². The first-order valence-corrected chi connectivity index (χ1v) is 11.0. The van der Waals surface area contributed by atoms with E-state index in [2.05, 4.69) is 11.8 Å². The van der Waals surface area contributed by atoms with E-state index < -0.39 is 6.57 Å². The molecule has 114 valence electrons. The molecule has 1 atom stereocenters. The SMILES string of the molecule is CCCP(=O)(OCC1CCCCC1)SCCN(C)C. The Hall–Kier alpha value is 0.500. The van der Waals surface area contributed by atoms with Gasteiger partial charge in [0, 0.05) is 18.5 Å². The van der Waals surface area contributed by atoms with Gasteiger partial charge in [0.25, 0.3) is 6.57 Å². The average molecular weight is 307 g/mol. The fourth-order valence-electron chi connectivity index (χ4n) is 2.38. The van der Waals surface area contributed by atoms with Gasteiger partial charge in [0.1, 0.15) is 0 Å². The molecule has 0 aromatic rings. The van der Waals surface area contributed by atoms with Crippen molar-refractivity contribution in [3.05, 3.63) is 0 Å². The molecule has 0 spiro atoms. The van der Waals surface area contributed by atoms with E-state index in [1.807, 2.05) is 14.1 Å². The molecule has 3 nitrogen and oxygen atoms in total. The Morgan fingerprint density at radius 1 is 1.26 bits per heavy atom. The predicted molar refractivity (Wildman–Crippen MR) is 86.3 cm³/mol. The second-order valence-electron chi connectivity index (χ2n) is 5.77. The van der Waals surface area contributed by atoms with Gasteiger partial charge in [-0.3, -0.25) is 4.57 Å². The van der Waals surface area contributed by atoms with Crippen LogP contribution in [0.4, 0.5) is 0 Å². The van der Waals surface area contributed by atoms with Crippen LogP contribution >= 0.6 is 18.0 Å². The van der Waals surface area contributed by atoms with Gasteiger partial charge in [-0.25, -0.2) is 0 Å². The first-order chi connectivity index (χ1) is 9.06. The van der Waals surface area contributed by atoms with Crippen LogP contribution in [0.2, 0.25) is 0 Å². The van der Waals surface area contributed by atoms with E-state index in [4.69, 9.17) is 4.52 Å². The van der Waals surface area contributed by atoms with Gasteiger partial charge in [0.2, 0.25) is 0 Å². The van der Waals surface area contributed by atoms with Crippen molar-refractivity contribution in [3.63, 3.8) is 0 Å². The molecule has 0 amide bonds. The zero-order valence-corrected chi connectivity index (χ0v) is 14.5. The highest BCUT2D eigenvalue weighted by atomic mass is 32.7. The van der Waals surface area contributed by atoms with Crippen LogP contribution in [-0.4, -0.2) is 44.1 Å². The van der Waals surface area contributed by atoms with E-state index in [1.165, 1.54) is 32.1 Å². The molecule has 5 heteroatoms. The van der Waals surface area contributed by atoms with E-state index in [0.29, 0.717) is 12.5 Å². The molecule has 0 aliphatic heterocycles. The summed E-state index contributed by atoms with van der Waals surface area (Å²) in [6.07, 6.45) is 8.18. The Kier molecular flexibility index (Phi) is 8.72. The first kappa shape index (κ1) is 17.6. The van der Waals surface area contributed by atoms with Crippen LogP contribution in [-0.2, 0) is 9.09 Å². The summed E-state index contributed by atoms with van der Waals surface area (Å²) in [5, 5.41) is 0. The third-order valence-corrected chi connectivity index (χ3v) is 8.44. The molecule has 1 unspecified atom stereocenters. The lowest BCUT2D eigenvalue weighted by Gasteiger charge is -2.24. The predicted octanol–water partition coefficient (Wildman–Crippen LogP) is 4.48. The van der Waals surface area contributed by atoms with Crippen LogP contribution in [0.5, 0.6) is 0 Å². The molecular formula is C14H30NO2PS. The van der Waals surface area contributed by atoms with Crippen LogP contribution in [0.3, 0.4) is 0 Å². The third kappa shape index (κ3) is 7.75. The molecule has 0 aromatic heterocycles. The summed E-state index contributed by atoms with van der Waals surface area (Å²) in [5.41, 5.74) is 0. The summed E-state index contributed by atoms with van der Waals surface area (Å²) in [6, 6.07) is 0. The van der Waals surface area contributed by atoms with E-state index >= 15 is 0 Å². The first-order valence-electron chi connectivity index (χ1n) is 7.58. The molecule has 0 aromatic carbocycles. The van der Waals surface area contributed by atoms with Gasteiger partial charge in [-0.1, -0.05) is 37.6 Å². The lowest BCUT2D eigenvalue weighted by molar-refractivity contribution is 0.215.